The number of carboxylic acids is 1. The van der Waals surface area contributed by atoms with Gasteiger partial charge in [-0.25, -0.2) is 4.79 Å². The molecule has 0 atom stereocenters. The van der Waals surface area contributed by atoms with E-state index in [4.69, 9.17) is 5.11 Å². The molecular weight excluding hydrogens is 208 g/mol. The summed E-state index contributed by atoms with van der Waals surface area (Å²) >= 11 is 0. The smallest absolute Gasteiger partial charge is 0.341 e. The minimum atomic E-state index is -1.12. The van der Waals surface area contributed by atoms with Gasteiger partial charge in [-0.15, -0.1) is 0 Å². The first kappa shape index (κ1) is 10.7. The lowest BCUT2D eigenvalue weighted by molar-refractivity contribution is -0.157. The quantitative estimate of drug-likeness (QED) is 0.773. The van der Waals surface area contributed by atoms with Crippen molar-refractivity contribution in [2.75, 3.05) is 6.61 Å². The van der Waals surface area contributed by atoms with Gasteiger partial charge in [0.25, 0.3) is 0 Å². The lowest BCUT2D eigenvalue weighted by Crippen LogP contribution is -2.21. The second kappa shape index (κ2) is 4.35. The molecule has 0 heterocycles. The molecule has 0 aliphatic heterocycles. The molecular formula is C12H12O4. The van der Waals surface area contributed by atoms with E-state index in [0.29, 0.717) is 12.8 Å². The maximum atomic E-state index is 11.5. The third-order valence-corrected chi connectivity index (χ3v) is 2.72. The Hall–Kier alpha value is -1.84. The molecule has 0 spiro atoms. The summed E-state index contributed by atoms with van der Waals surface area (Å²) in [5, 5.41) is 8.40. The van der Waals surface area contributed by atoms with Gasteiger partial charge in [0, 0.05) is 0 Å². The van der Waals surface area contributed by atoms with Crippen LogP contribution in [0.5, 0.6) is 0 Å². The van der Waals surface area contributed by atoms with Crippen LogP contribution >= 0.6 is 0 Å². The van der Waals surface area contributed by atoms with Gasteiger partial charge >= 0.3 is 11.9 Å². The topological polar surface area (TPSA) is 63.6 Å². The fourth-order valence-corrected chi connectivity index (χ4v) is 1.98. The van der Waals surface area contributed by atoms with E-state index in [-0.39, 0.29) is 5.92 Å². The highest BCUT2D eigenvalue weighted by Gasteiger charge is 2.28. The zero-order chi connectivity index (χ0) is 11.5. The molecule has 0 bridgehead atoms. The number of hydrogen-bond acceptors (Lipinski definition) is 3. The summed E-state index contributed by atoms with van der Waals surface area (Å²) in [6.07, 6.45) is 1.29. The predicted octanol–water partition coefficient (Wildman–Crippen LogP) is 1.03. The number of aliphatic carboxylic acids is 1. The van der Waals surface area contributed by atoms with Crippen LogP contribution in [0.4, 0.5) is 0 Å². The molecule has 4 heteroatoms. The SMILES string of the molecule is O=C(O)COC(=O)C1Cc2ccccc2C1. The molecule has 1 aromatic carbocycles. The van der Waals surface area contributed by atoms with E-state index in [2.05, 4.69) is 4.74 Å². The summed E-state index contributed by atoms with van der Waals surface area (Å²) in [4.78, 5) is 21.8. The second-order valence-corrected chi connectivity index (χ2v) is 3.88. The zero-order valence-corrected chi connectivity index (χ0v) is 8.68. The first-order valence-corrected chi connectivity index (χ1v) is 5.12. The number of fused-ring (bicyclic) bond motifs is 1. The lowest BCUT2D eigenvalue weighted by atomic mass is 10.1. The molecule has 84 valence electrons. The second-order valence-electron chi connectivity index (χ2n) is 3.88. The van der Waals surface area contributed by atoms with Crippen molar-refractivity contribution in [2.24, 2.45) is 5.92 Å². The van der Waals surface area contributed by atoms with E-state index in [9.17, 15) is 9.59 Å². The van der Waals surface area contributed by atoms with Gasteiger partial charge in [-0.05, 0) is 24.0 Å². The molecule has 0 aromatic heterocycles. The molecule has 1 aromatic rings. The van der Waals surface area contributed by atoms with Crippen LogP contribution in [-0.2, 0) is 27.2 Å². The highest BCUT2D eigenvalue weighted by atomic mass is 16.5. The summed E-state index contributed by atoms with van der Waals surface area (Å²) in [7, 11) is 0. The summed E-state index contributed by atoms with van der Waals surface area (Å²) in [6.45, 7) is -0.550. The Bertz CT molecular complexity index is 400. The van der Waals surface area contributed by atoms with Crippen molar-refractivity contribution in [2.45, 2.75) is 12.8 Å². The molecule has 4 nitrogen and oxygen atoms in total. The molecule has 1 aliphatic rings. The van der Waals surface area contributed by atoms with Crippen molar-refractivity contribution < 1.29 is 19.4 Å². The van der Waals surface area contributed by atoms with Gasteiger partial charge in [0.15, 0.2) is 6.61 Å². The van der Waals surface area contributed by atoms with Gasteiger partial charge in [-0.3, -0.25) is 4.79 Å². The Morgan fingerprint density at radius 3 is 2.31 bits per heavy atom. The zero-order valence-electron chi connectivity index (χ0n) is 8.68. The molecule has 0 amide bonds. The average molecular weight is 220 g/mol. The molecule has 16 heavy (non-hydrogen) atoms. The Morgan fingerprint density at radius 2 is 1.81 bits per heavy atom. The molecule has 0 unspecified atom stereocenters. The van der Waals surface area contributed by atoms with Crippen molar-refractivity contribution in [3.05, 3.63) is 35.4 Å². The Kier molecular flexibility index (Phi) is 2.90. The Labute approximate surface area is 92.8 Å². The van der Waals surface area contributed by atoms with Crippen LogP contribution in [-0.4, -0.2) is 23.7 Å². The van der Waals surface area contributed by atoms with Crippen LogP contribution in [0.2, 0.25) is 0 Å². The summed E-state index contributed by atoms with van der Waals surface area (Å²) < 4.78 is 4.68. The molecule has 0 fully saturated rings. The monoisotopic (exact) mass is 220 g/mol. The van der Waals surface area contributed by atoms with Crippen molar-refractivity contribution in [3.63, 3.8) is 0 Å². The molecule has 0 radical (unpaired) electrons. The van der Waals surface area contributed by atoms with E-state index >= 15 is 0 Å². The number of ether oxygens (including phenoxy) is 1. The first-order valence-electron chi connectivity index (χ1n) is 5.12. The standard InChI is InChI=1S/C12H12O4/c13-11(14)7-16-12(15)10-5-8-3-1-2-4-9(8)6-10/h1-4,10H,5-7H2,(H,13,14). The highest BCUT2D eigenvalue weighted by Crippen LogP contribution is 2.27. The fourth-order valence-electron chi connectivity index (χ4n) is 1.98. The number of carboxylic acid groups (broad SMARTS) is 1. The number of carbonyl (C=O) groups is 2. The van der Waals surface area contributed by atoms with Crippen molar-refractivity contribution >= 4 is 11.9 Å². The minimum absolute atomic E-state index is 0.225. The van der Waals surface area contributed by atoms with Crippen molar-refractivity contribution in [3.8, 4) is 0 Å². The van der Waals surface area contributed by atoms with Gasteiger partial charge < -0.3 is 9.84 Å². The van der Waals surface area contributed by atoms with Gasteiger partial charge in [-0.2, -0.15) is 0 Å². The van der Waals surface area contributed by atoms with E-state index in [1.54, 1.807) is 0 Å². The fraction of sp³-hybridized carbons (Fsp3) is 0.333. The predicted molar refractivity (Wildman–Crippen MR) is 55.9 cm³/mol. The number of rotatable bonds is 3. The van der Waals surface area contributed by atoms with Crippen LogP contribution in [0.25, 0.3) is 0 Å². The number of benzene rings is 1. The lowest BCUT2D eigenvalue weighted by Gasteiger charge is -2.07. The third kappa shape index (κ3) is 2.21. The normalized spacial score (nSPS) is 14.5. The van der Waals surface area contributed by atoms with Crippen LogP contribution in [0, 0.1) is 5.92 Å². The summed E-state index contributed by atoms with van der Waals surface area (Å²) in [5.74, 6) is -1.76. The van der Waals surface area contributed by atoms with Crippen LogP contribution in [0.15, 0.2) is 24.3 Å². The molecule has 2 rings (SSSR count). The third-order valence-electron chi connectivity index (χ3n) is 2.72. The van der Waals surface area contributed by atoms with Gasteiger partial charge in [-0.1, -0.05) is 24.3 Å². The van der Waals surface area contributed by atoms with E-state index in [1.807, 2.05) is 24.3 Å². The van der Waals surface area contributed by atoms with Crippen molar-refractivity contribution in [1.29, 1.82) is 0 Å². The maximum absolute atomic E-state index is 11.5. The molecule has 1 N–H and O–H groups in total. The van der Waals surface area contributed by atoms with Crippen molar-refractivity contribution in [1.82, 2.24) is 0 Å². The van der Waals surface area contributed by atoms with Crippen LogP contribution in [0.1, 0.15) is 11.1 Å². The average Bonchev–Trinajstić information content (AvgIpc) is 2.69. The Balaban J connectivity index is 1.96. The number of esters is 1. The molecule has 0 saturated carbocycles. The van der Waals surface area contributed by atoms with Crippen LogP contribution in [0.3, 0.4) is 0 Å². The minimum Gasteiger partial charge on any atom is -0.479 e. The highest BCUT2D eigenvalue weighted by molar-refractivity contribution is 5.78. The largest absolute Gasteiger partial charge is 0.479 e. The van der Waals surface area contributed by atoms with Gasteiger partial charge in [0.2, 0.25) is 0 Å². The maximum Gasteiger partial charge on any atom is 0.341 e. The van der Waals surface area contributed by atoms with E-state index < -0.39 is 18.5 Å². The van der Waals surface area contributed by atoms with E-state index in [0.717, 1.165) is 11.1 Å². The number of carbonyl (C=O) groups excluding carboxylic acids is 1. The van der Waals surface area contributed by atoms with Crippen LogP contribution < -0.4 is 0 Å². The molecule has 0 saturated heterocycles. The molecule has 1 aliphatic carbocycles. The number of hydrogen-bond donors (Lipinski definition) is 1. The summed E-state index contributed by atoms with van der Waals surface area (Å²) in [5.41, 5.74) is 2.31. The first-order chi connectivity index (χ1) is 7.66. The summed E-state index contributed by atoms with van der Waals surface area (Å²) in [6, 6.07) is 7.84. The Morgan fingerprint density at radius 1 is 1.25 bits per heavy atom. The van der Waals surface area contributed by atoms with Gasteiger partial charge in [0.05, 0.1) is 5.92 Å². The van der Waals surface area contributed by atoms with Gasteiger partial charge in [0.1, 0.15) is 0 Å². The van der Waals surface area contributed by atoms with E-state index in [1.165, 1.54) is 0 Å².